The number of piperazine rings is 1. The van der Waals surface area contributed by atoms with Crippen molar-refractivity contribution >= 4 is 21.6 Å². The first kappa shape index (κ1) is 24.2. The Morgan fingerprint density at radius 2 is 1.69 bits per heavy atom. The molecule has 0 unspecified atom stereocenters. The van der Waals surface area contributed by atoms with E-state index in [0.717, 1.165) is 51.8 Å². The molecule has 174 valence electrons. The van der Waals surface area contributed by atoms with Crippen molar-refractivity contribution in [1.29, 1.82) is 0 Å². The van der Waals surface area contributed by atoms with Crippen molar-refractivity contribution in [3.05, 3.63) is 59.4 Å². The van der Waals surface area contributed by atoms with E-state index in [0.29, 0.717) is 17.8 Å². The van der Waals surface area contributed by atoms with Gasteiger partial charge in [0.1, 0.15) is 5.82 Å². The molecule has 0 spiro atoms. The number of benzene rings is 2. The normalized spacial score (nSPS) is 15.5. The van der Waals surface area contributed by atoms with Gasteiger partial charge < -0.3 is 15.1 Å². The lowest BCUT2D eigenvalue weighted by molar-refractivity contribution is 0.0948. The molecule has 0 atom stereocenters. The first-order valence-electron chi connectivity index (χ1n) is 10.9. The smallest absolute Gasteiger partial charge is 0.261 e. The summed E-state index contributed by atoms with van der Waals surface area (Å²) in [6.07, 6.45) is 0.882. The zero-order chi connectivity index (χ0) is 23.1. The summed E-state index contributed by atoms with van der Waals surface area (Å²) in [5.41, 5.74) is 1.04. The van der Waals surface area contributed by atoms with E-state index in [9.17, 15) is 17.6 Å². The number of nitrogens with one attached hydrogen (secondary N) is 2. The van der Waals surface area contributed by atoms with Crippen LogP contribution in [0.4, 0.5) is 10.1 Å². The van der Waals surface area contributed by atoms with Crippen LogP contribution in [0.2, 0.25) is 0 Å². The van der Waals surface area contributed by atoms with Crippen LogP contribution in [0, 0.1) is 12.7 Å². The van der Waals surface area contributed by atoms with Gasteiger partial charge in [-0.2, -0.15) is 0 Å². The molecular weight excluding hydrogens is 431 g/mol. The predicted molar refractivity (Wildman–Crippen MR) is 124 cm³/mol. The highest BCUT2D eigenvalue weighted by atomic mass is 32.2. The van der Waals surface area contributed by atoms with Crippen LogP contribution in [0.3, 0.4) is 0 Å². The van der Waals surface area contributed by atoms with Crippen molar-refractivity contribution in [3.63, 3.8) is 0 Å². The average Bonchev–Trinajstić information content (AvgIpc) is 2.79. The second-order valence-electron chi connectivity index (χ2n) is 7.98. The number of amides is 1. The van der Waals surface area contributed by atoms with E-state index in [4.69, 9.17) is 0 Å². The molecule has 0 radical (unpaired) electrons. The van der Waals surface area contributed by atoms with Crippen molar-refractivity contribution < 1.29 is 17.6 Å². The van der Waals surface area contributed by atoms with Crippen molar-refractivity contribution in [3.8, 4) is 0 Å². The monoisotopic (exact) mass is 462 g/mol. The topological polar surface area (TPSA) is 81.8 Å². The molecular formula is C23H31FN4O3S. The molecule has 0 bridgehead atoms. The number of rotatable bonds is 9. The van der Waals surface area contributed by atoms with Crippen LogP contribution in [0.1, 0.15) is 29.3 Å². The van der Waals surface area contributed by atoms with E-state index in [1.165, 1.54) is 31.2 Å². The summed E-state index contributed by atoms with van der Waals surface area (Å²) in [5.74, 6) is -0.650. The molecule has 0 saturated carbocycles. The third kappa shape index (κ3) is 6.51. The van der Waals surface area contributed by atoms with E-state index in [1.807, 2.05) is 0 Å². The Kier molecular flexibility index (Phi) is 8.22. The number of anilines is 1. The maximum absolute atomic E-state index is 13.4. The molecule has 1 saturated heterocycles. The summed E-state index contributed by atoms with van der Waals surface area (Å²) in [6.45, 7) is 10.7. The molecule has 1 aliphatic rings. The van der Waals surface area contributed by atoms with Crippen LogP contribution in [0.25, 0.3) is 0 Å². The molecule has 2 N–H and O–H groups in total. The van der Waals surface area contributed by atoms with E-state index in [1.54, 1.807) is 12.1 Å². The van der Waals surface area contributed by atoms with Gasteiger partial charge in [-0.15, -0.1) is 0 Å². The number of nitrogens with zero attached hydrogens (tertiary/aromatic N) is 2. The Hall–Kier alpha value is -2.49. The fourth-order valence-electron chi connectivity index (χ4n) is 3.62. The Labute approximate surface area is 189 Å². The standard InChI is InChI=1S/C23H31FN4O3S/c1-3-27-13-15-28(16-14-27)12-4-11-25-23(29)19-5-7-20(8-6-19)26-32(30,31)21-9-10-22(24)18(2)17-21/h5-10,17,26H,3-4,11-16H2,1-2H3,(H,25,29). The molecule has 1 amide bonds. The van der Waals surface area contributed by atoms with Gasteiger partial charge >= 0.3 is 0 Å². The second-order valence-corrected chi connectivity index (χ2v) is 9.66. The number of carbonyl (C=O) groups is 1. The van der Waals surface area contributed by atoms with Crippen molar-refractivity contribution in [1.82, 2.24) is 15.1 Å². The number of sulfonamides is 1. The first-order valence-corrected chi connectivity index (χ1v) is 12.4. The van der Waals surface area contributed by atoms with Gasteiger partial charge in [-0.25, -0.2) is 12.8 Å². The third-order valence-corrected chi connectivity index (χ3v) is 7.07. The molecule has 7 nitrogen and oxygen atoms in total. The van der Waals surface area contributed by atoms with E-state index in [-0.39, 0.29) is 16.4 Å². The van der Waals surface area contributed by atoms with Crippen LogP contribution in [0.15, 0.2) is 47.4 Å². The minimum atomic E-state index is -3.84. The summed E-state index contributed by atoms with van der Waals surface area (Å²) >= 11 is 0. The number of likely N-dealkylation sites (N-methyl/N-ethyl adjacent to an activating group) is 1. The van der Waals surface area contributed by atoms with Crippen LogP contribution in [0.5, 0.6) is 0 Å². The fourth-order valence-corrected chi connectivity index (χ4v) is 4.77. The van der Waals surface area contributed by atoms with Gasteiger partial charge in [-0.3, -0.25) is 9.52 Å². The Bertz CT molecular complexity index is 1020. The number of carbonyl (C=O) groups excluding carboxylic acids is 1. The zero-order valence-corrected chi connectivity index (χ0v) is 19.4. The first-order chi connectivity index (χ1) is 15.3. The van der Waals surface area contributed by atoms with Gasteiger partial charge in [0.15, 0.2) is 0 Å². The third-order valence-electron chi connectivity index (χ3n) is 5.69. The van der Waals surface area contributed by atoms with Crippen molar-refractivity contribution in [2.75, 3.05) is 50.5 Å². The summed E-state index contributed by atoms with van der Waals surface area (Å²) in [6, 6.07) is 9.86. The zero-order valence-electron chi connectivity index (χ0n) is 18.6. The molecule has 2 aromatic rings. The molecule has 9 heteroatoms. The lowest BCUT2D eigenvalue weighted by atomic mass is 10.2. The van der Waals surface area contributed by atoms with Crippen LogP contribution < -0.4 is 10.0 Å². The van der Waals surface area contributed by atoms with Crippen LogP contribution in [-0.2, 0) is 10.0 Å². The largest absolute Gasteiger partial charge is 0.352 e. The minimum Gasteiger partial charge on any atom is -0.352 e. The van der Waals surface area contributed by atoms with Crippen LogP contribution >= 0.6 is 0 Å². The number of hydrogen-bond donors (Lipinski definition) is 2. The van der Waals surface area contributed by atoms with Gasteiger partial charge in [-0.1, -0.05) is 6.92 Å². The van der Waals surface area contributed by atoms with Crippen molar-refractivity contribution in [2.45, 2.75) is 25.2 Å². The summed E-state index contributed by atoms with van der Waals surface area (Å²) < 4.78 is 40.9. The van der Waals surface area contributed by atoms with Gasteiger partial charge in [0.25, 0.3) is 15.9 Å². The molecule has 1 aliphatic heterocycles. The second kappa shape index (κ2) is 10.9. The maximum atomic E-state index is 13.4. The number of aryl methyl sites for hydroxylation is 1. The fraction of sp³-hybridized carbons (Fsp3) is 0.435. The maximum Gasteiger partial charge on any atom is 0.261 e. The van der Waals surface area contributed by atoms with Gasteiger partial charge in [-0.05, 0) is 74.5 Å². The van der Waals surface area contributed by atoms with E-state index in [2.05, 4.69) is 26.8 Å². The summed E-state index contributed by atoms with van der Waals surface area (Å²) in [7, 11) is -3.84. The van der Waals surface area contributed by atoms with Gasteiger partial charge in [0, 0.05) is 44.0 Å². The van der Waals surface area contributed by atoms with Crippen molar-refractivity contribution in [2.24, 2.45) is 0 Å². The van der Waals surface area contributed by atoms with E-state index < -0.39 is 15.8 Å². The van der Waals surface area contributed by atoms with E-state index >= 15 is 0 Å². The highest BCUT2D eigenvalue weighted by molar-refractivity contribution is 7.92. The molecule has 0 aliphatic carbocycles. The summed E-state index contributed by atoms with van der Waals surface area (Å²) in [4.78, 5) is 17.2. The average molecular weight is 463 g/mol. The Balaban J connectivity index is 1.46. The Morgan fingerprint density at radius 1 is 1.03 bits per heavy atom. The highest BCUT2D eigenvalue weighted by Crippen LogP contribution is 2.19. The molecule has 0 aromatic heterocycles. The lowest BCUT2D eigenvalue weighted by Gasteiger charge is -2.33. The highest BCUT2D eigenvalue weighted by Gasteiger charge is 2.17. The molecule has 32 heavy (non-hydrogen) atoms. The molecule has 1 fully saturated rings. The van der Waals surface area contributed by atoms with Gasteiger partial charge in [0.2, 0.25) is 0 Å². The lowest BCUT2D eigenvalue weighted by Crippen LogP contribution is -2.46. The summed E-state index contributed by atoms with van der Waals surface area (Å²) in [5, 5.41) is 2.91. The SMILES string of the molecule is CCN1CCN(CCCNC(=O)c2ccc(NS(=O)(=O)c3ccc(F)c(C)c3)cc2)CC1. The number of hydrogen-bond acceptors (Lipinski definition) is 5. The Morgan fingerprint density at radius 3 is 2.31 bits per heavy atom. The number of halogens is 1. The molecule has 2 aromatic carbocycles. The molecule has 1 heterocycles. The van der Waals surface area contributed by atoms with Gasteiger partial charge in [0.05, 0.1) is 4.90 Å². The quantitative estimate of drug-likeness (QED) is 0.560. The molecule has 3 rings (SSSR count). The van der Waals surface area contributed by atoms with Crippen LogP contribution in [-0.4, -0.2) is 69.9 Å². The predicted octanol–water partition coefficient (Wildman–Crippen LogP) is 2.69. The minimum absolute atomic E-state index is 0.0191.